The van der Waals surface area contributed by atoms with Gasteiger partial charge in [0.2, 0.25) is 5.91 Å². The molecule has 6 heteroatoms. The summed E-state index contributed by atoms with van der Waals surface area (Å²) < 4.78 is 7.26. The van der Waals surface area contributed by atoms with Crippen LogP contribution in [-0.4, -0.2) is 40.8 Å². The Balaban J connectivity index is 1.77. The monoisotopic (exact) mass is 331 g/mol. The summed E-state index contributed by atoms with van der Waals surface area (Å²) in [6.07, 6.45) is 5.58. The lowest BCUT2D eigenvalue weighted by Gasteiger charge is -2.31. The molecule has 0 fully saturated rings. The number of rotatable bonds is 5. The topological polar surface area (TPSA) is 47.4 Å². The summed E-state index contributed by atoms with van der Waals surface area (Å²) in [4.78, 5) is 15.5. The summed E-state index contributed by atoms with van der Waals surface area (Å²) in [6, 6.07) is 3.98. The van der Waals surface area contributed by atoms with Crippen molar-refractivity contribution in [3.8, 4) is 0 Å². The van der Waals surface area contributed by atoms with Crippen LogP contribution in [0.1, 0.15) is 29.0 Å². The first-order chi connectivity index (χ1) is 11.2. The van der Waals surface area contributed by atoms with Gasteiger partial charge < -0.3 is 9.64 Å². The minimum atomic E-state index is 0.0365. The number of fused-ring (bicyclic) bond motifs is 1. The van der Waals surface area contributed by atoms with E-state index in [9.17, 15) is 4.79 Å². The summed E-state index contributed by atoms with van der Waals surface area (Å²) in [5.41, 5.74) is 2.19. The van der Waals surface area contributed by atoms with Crippen LogP contribution in [0.25, 0.3) is 6.08 Å². The van der Waals surface area contributed by atoms with E-state index in [0.717, 1.165) is 22.7 Å². The maximum Gasteiger partial charge on any atom is 0.246 e. The van der Waals surface area contributed by atoms with Gasteiger partial charge in [0.25, 0.3) is 0 Å². The quantitative estimate of drug-likeness (QED) is 0.792. The lowest BCUT2D eigenvalue weighted by atomic mass is 9.97. The minimum absolute atomic E-state index is 0.0365. The molecule has 1 atom stereocenters. The largest absolute Gasteiger partial charge is 0.384 e. The Hall–Kier alpha value is -1.92. The summed E-state index contributed by atoms with van der Waals surface area (Å²) in [5.74, 6) is 0.171. The fourth-order valence-electron chi connectivity index (χ4n) is 2.87. The third-order valence-electron chi connectivity index (χ3n) is 4.00. The molecule has 1 aliphatic heterocycles. The van der Waals surface area contributed by atoms with Crippen molar-refractivity contribution in [2.45, 2.75) is 25.9 Å². The number of thiophene rings is 1. The minimum Gasteiger partial charge on any atom is -0.384 e. The maximum atomic E-state index is 12.5. The van der Waals surface area contributed by atoms with E-state index in [1.54, 1.807) is 24.5 Å². The van der Waals surface area contributed by atoms with Crippen LogP contribution in [0.2, 0.25) is 0 Å². The molecule has 2 aromatic heterocycles. The molecular weight excluding hydrogens is 310 g/mol. The number of hydrogen-bond acceptors (Lipinski definition) is 4. The van der Waals surface area contributed by atoms with Gasteiger partial charge in [0.15, 0.2) is 0 Å². The summed E-state index contributed by atoms with van der Waals surface area (Å²) in [5, 5.41) is 6.64. The van der Waals surface area contributed by atoms with E-state index < -0.39 is 0 Å². The Morgan fingerprint density at radius 2 is 2.43 bits per heavy atom. The molecule has 1 unspecified atom stereocenters. The van der Waals surface area contributed by atoms with Gasteiger partial charge in [-0.2, -0.15) is 5.10 Å². The fraction of sp³-hybridized carbons (Fsp3) is 0.412. The van der Waals surface area contributed by atoms with Crippen LogP contribution in [0, 0.1) is 0 Å². The number of carbonyl (C=O) groups excluding carboxylic acids is 1. The van der Waals surface area contributed by atoms with Crippen molar-refractivity contribution >= 4 is 23.3 Å². The second kappa shape index (κ2) is 7.10. The molecule has 0 spiro atoms. The molecule has 1 aliphatic rings. The van der Waals surface area contributed by atoms with Gasteiger partial charge in [-0.05, 0) is 24.4 Å². The highest BCUT2D eigenvalue weighted by Gasteiger charge is 2.30. The molecule has 2 aromatic rings. The van der Waals surface area contributed by atoms with Crippen molar-refractivity contribution in [1.29, 1.82) is 0 Å². The predicted molar refractivity (Wildman–Crippen MR) is 91.3 cm³/mol. The fourth-order valence-corrected chi connectivity index (χ4v) is 3.49. The van der Waals surface area contributed by atoms with E-state index in [2.05, 4.69) is 12.0 Å². The highest BCUT2D eigenvalue weighted by Crippen LogP contribution is 2.27. The van der Waals surface area contributed by atoms with E-state index >= 15 is 0 Å². The molecule has 1 amide bonds. The third kappa shape index (κ3) is 3.54. The number of methoxy groups -OCH3 is 1. The van der Waals surface area contributed by atoms with Gasteiger partial charge in [-0.1, -0.05) is 6.07 Å². The van der Waals surface area contributed by atoms with Crippen molar-refractivity contribution in [3.63, 3.8) is 0 Å². The maximum absolute atomic E-state index is 12.5. The first-order valence-corrected chi connectivity index (χ1v) is 8.65. The van der Waals surface area contributed by atoms with Crippen molar-refractivity contribution < 1.29 is 9.53 Å². The van der Waals surface area contributed by atoms with Gasteiger partial charge >= 0.3 is 0 Å². The molecule has 0 bridgehead atoms. The standard InChI is InChI=1S/C17H21N3O2S/c1-3-20-11-13-9-19(10-14(12-22-2)17(13)18-20)16(21)7-6-15-5-4-8-23-15/h4-8,11,14H,3,9-10,12H2,1-2H3/b7-6+. The van der Waals surface area contributed by atoms with Gasteiger partial charge in [-0.15, -0.1) is 11.3 Å². The molecule has 5 nitrogen and oxygen atoms in total. The van der Waals surface area contributed by atoms with Crippen LogP contribution in [0.15, 0.2) is 29.8 Å². The number of nitrogens with zero attached hydrogens (tertiary/aromatic N) is 3. The number of aryl methyl sites for hydroxylation is 1. The number of carbonyl (C=O) groups is 1. The van der Waals surface area contributed by atoms with Crippen LogP contribution in [0.4, 0.5) is 0 Å². The van der Waals surface area contributed by atoms with Crippen LogP contribution in [0.3, 0.4) is 0 Å². The smallest absolute Gasteiger partial charge is 0.246 e. The van der Waals surface area contributed by atoms with Crippen molar-refractivity contribution in [2.24, 2.45) is 0 Å². The van der Waals surface area contributed by atoms with Gasteiger partial charge in [0.05, 0.1) is 12.3 Å². The van der Waals surface area contributed by atoms with E-state index in [1.807, 2.05) is 39.4 Å². The van der Waals surface area contributed by atoms with Crippen molar-refractivity contribution in [1.82, 2.24) is 14.7 Å². The van der Waals surface area contributed by atoms with Crippen LogP contribution < -0.4 is 0 Å². The summed E-state index contributed by atoms with van der Waals surface area (Å²) in [6.45, 7) is 4.74. The Kier molecular flexibility index (Phi) is 4.93. The normalized spacial score (nSPS) is 17.7. The molecule has 0 radical (unpaired) electrons. The average Bonchev–Trinajstić information content (AvgIpc) is 3.21. The molecule has 3 rings (SSSR count). The Morgan fingerprint density at radius 1 is 1.57 bits per heavy atom. The zero-order chi connectivity index (χ0) is 16.2. The highest BCUT2D eigenvalue weighted by atomic mass is 32.1. The lowest BCUT2D eigenvalue weighted by molar-refractivity contribution is -0.127. The summed E-state index contributed by atoms with van der Waals surface area (Å²) >= 11 is 1.62. The third-order valence-corrected chi connectivity index (χ3v) is 4.83. The Labute approximate surface area is 140 Å². The molecule has 23 heavy (non-hydrogen) atoms. The van der Waals surface area contributed by atoms with E-state index in [0.29, 0.717) is 19.7 Å². The van der Waals surface area contributed by atoms with E-state index in [4.69, 9.17) is 4.74 Å². The van der Waals surface area contributed by atoms with Gasteiger partial charge in [0, 0.05) is 55.4 Å². The molecule has 0 N–H and O–H groups in total. The molecule has 122 valence electrons. The van der Waals surface area contributed by atoms with E-state index in [1.165, 1.54) is 0 Å². The van der Waals surface area contributed by atoms with Crippen LogP contribution >= 0.6 is 11.3 Å². The van der Waals surface area contributed by atoms with E-state index in [-0.39, 0.29) is 11.8 Å². The predicted octanol–water partition coefficient (Wildman–Crippen LogP) is 2.75. The van der Waals surface area contributed by atoms with Crippen molar-refractivity contribution in [3.05, 3.63) is 45.9 Å². The molecule has 0 aromatic carbocycles. The number of hydrogen-bond donors (Lipinski definition) is 0. The molecule has 0 saturated carbocycles. The highest BCUT2D eigenvalue weighted by molar-refractivity contribution is 7.10. The second-order valence-corrected chi connectivity index (χ2v) is 6.59. The number of aromatic nitrogens is 2. The lowest BCUT2D eigenvalue weighted by Crippen LogP contribution is -2.38. The van der Waals surface area contributed by atoms with Crippen LogP contribution in [-0.2, 0) is 22.6 Å². The molecule has 0 saturated heterocycles. The zero-order valence-electron chi connectivity index (χ0n) is 13.4. The van der Waals surface area contributed by atoms with Gasteiger partial charge in [0.1, 0.15) is 0 Å². The summed E-state index contributed by atoms with van der Waals surface area (Å²) in [7, 11) is 1.69. The number of ether oxygens (including phenoxy) is 1. The molecular formula is C17H21N3O2S. The Bertz CT molecular complexity index is 691. The molecule has 0 aliphatic carbocycles. The van der Waals surface area contributed by atoms with Gasteiger partial charge in [-0.25, -0.2) is 0 Å². The first kappa shape index (κ1) is 16.0. The van der Waals surface area contributed by atoms with Crippen molar-refractivity contribution in [2.75, 3.05) is 20.3 Å². The Morgan fingerprint density at radius 3 is 3.13 bits per heavy atom. The zero-order valence-corrected chi connectivity index (χ0v) is 14.3. The number of amides is 1. The second-order valence-electron chi connectivity index (χ2n) is 5.62. The van der Waals surface area contributed by atoms with Crippen LogP contribution in [0.5, 0.6) is 0 Å². The first-order valence-electron chi connectivity index (χ1n) is 7.77. The molecule has 3 heterocycles. The van der Waals surface area contributed by atoms with Gasteiger partial charge in [-0.3, -0.25) is 9.48 Å². The SMILES string of the molecule is CCn1cc2c(n1)C(COC)CN(C(=O)/C=C/c1cccs1)C2. The average molecular weight is 331 g/mol.